The molecule has 1 N–H and O–H groups in total. The van der Waals surface area contributed by atoms with E-state index in [9.17, 15) is 9.50 Å². The number of hydrogen-bond donors (Lipinski definition) is 1. The second-order valence-electron chi connectivity index (χ2n) is 3.93. The Bertz CT molecular complexity index is 545. The van der Waals surface area contributed by atoms with Gasteiger partial charge in [0.15, 0.2) is 0 Å². The maximum atomic E-state index is 14.5. The van der Waals surface area contributed by atoms with Crippen LogP contribution < -0.4 is 0 Å². The summed E-state index contributed by atoms with van der Waals surface area (Å²) in [4.78, 5) is 3.65. The lowest BCUT2D eigenvalue weighted by molar-refractivity contribution is -0.0651. The highest BCUT2D eigenvalue weighted by atomic mass is 35.5. The lowest BCUT2D eigenvalue weighted by atomic mass is 10.0. The number of rotatable bonds is 3. The molecule has 1 aromatic carbocycles. The van der Waals surface area contributed by atoms with E-state index in [0.717, 1.165) is 4.68 Å². The summed E-state index contributed by atoms with van der Waals surface area (Å²) >= 11 is 11.7. The van der Waals surface area contributed by atoms with Gasteiger partial charge >= 0.3 is 0 Å². The van der Waals surface area contributed by atoms with Crippen LogP contribution in [0.1, 0.15) is 18.6 Å². The van der Waals surface area contributed by atoms with Crippen LogP contribution in [0.4, 0.5) is 4.39 Å². The average molecular weight is 290 g/mol. The fourth-order valence-electron chi connectivity index (χ4n) is 1.57. The zero-order valence-corrected chi connectivity index (χ0v) is 10.9. The van der Waals surface area contributed by atoms with Gasteiger partial charge < -0.3 is 5.11 Å². The molecule has 0 saturated heterocycles. The Labute approximate surface area is 113 Å². The molecule has 2 atom stereocenters. The molecule has 0 amide bonds. The van der Waals surface area contributed by atoms with E-state index >= 15 is 0 Å². The Morgan fingerprint density at radius 2 is 2.17 bits per heavy atom. The fourth-order valence-corrected chi connectivity index (χ4v) is 2.08. The minimum atomic E-state index is -2.16. The first kappa shape index (κ1) is 13.3. The third kappa shape index (κ3) is 2.34. The highest BCUT2D eigenvalue weighted by Crippen LogP contribution is 2.37. The number of aliphatic hydroxyl groups is 1. The van der Waals surface area contributed by atoms with Gasteiger partial charge in [-0.1, -0.05) is 29.3 Å². The SMILES string of the molecule is CC(F)(C(O)c1ccc(Cl)cc1Cl)n1cncn1. The van der Waals surface area contributed by atoms with Crippen molar-refractivity contribution in [3.63, 3.8) is 0 Å². The summed E-state index contributed by atoms with van der Waals surface area (Å²) in [6, 6.07) is 4.45. The molecule has 18 heavy (non-hydrogen) atoms. The lowest BCUT2D eigenvalue weighted by Crippen LogP contribution is -2.33. The van der Waals surface area contributed by atoms with E-state index in [4.69, 9.17) is 23.2 Å². The van der Waals surface area contributed by atoms with Crippen LogP contribution in [0, 0.1) is 0 Å². The van der Waals surface area contributed by atoms with Crippen LogP contribution >= 0.6 is 23.2 Å². The van der Waals surface area contributed by atoms with Crippen LogP contribution in [0.5, 0.6) is 0 Å². The van der Waals surface area contributed by atoms with Crippen LogP contribution in [-0.4, -0.2) is 19.9 Å². The van der Waals surface area contributed by atoms with Crippen molar-refractivity contribution in [3.8, 4) is 0 Å². The third-order valence-corrected chi connectivity index (χ3v) is 3.19. The van der Waals surface area contributed by atoms with Crippen molar-refractivity contribution in [2.75, 3.05) is 0 Å². The molecule has 0 saturated carbocycles. The van der Waals surface area contributed by atoms with Crippen molar-refractivity contribution in [2.45, 2.75) is 18.8 Å². The van der Waals surface area contributed by atoms with Gasteiger partial charge in [-0.05, 0) is 19.1 Å². The molecule has 96 valence electrons. The molecular formula is C11H10Cl2FN3O. The van der Waals surface area contributed by atoms with Crippen molar-refractivity contribution in [2.24, 2.45) is 0 Å². The Hall–Kier alpha value is -1.17. The summed E-state index contributed by atoms with van der Waals surface area (Å²) < 4.78 is 15.5. The Morgan fingerprint density at radius 3 is 2.72 bits per heavy atom. The minimum absolute atomic E-state index is 0.194. The van der Waals surface area contributed by atoms with Crippen LogP contribution in [0.3, 0.4) is 0 Å². The largest absolute Gasteiger partial charge is 0.383 e. The molecule has 0 fully saturated rings. The molecule has 4 nitrogen and oxygen atoms in total. The monoisotopic (exact) mass is 289 g/mol. The summed E-state index contributed by atoms with van der Waals surface area (Å²) in [6.45, 7) is 1.19. The number of nitrogens with zero attached hydrogens (tertiary/aromatic N) is 3. The highest BCUT2D eigenvalue weighted by molar-refractivity contribution is 6.35. The van der Waals surface area contributed by atoms with Gasteiger partial charge in [-0.3, -0.25) is 0 Å². The van der Waals surface area contributed by atoms with E-state index in [-0.39, 0.29) is 10.6 Å². The quantitative estimate of drug-likeness (QED) is 0.945. The summed E-state index contributed by atoms with van der Waals surface area (Å²) in [5.74, 6) is -2.16. The zero-order chi connectivity index (χ0) is 13.3. The first-order valence-corrected chi connectivity index (χ1v) is 5.85. The molecule has 2 rings (SSSR count). The highest BCUT2D eigenvalue weighted by Gasteiger charge is 2.38. The van der Waals surface area contributed by atoms with Gasteiger partial charge in [0.2, 0.25) is 5.79 Å². The summed E-state index contributed by atoms with van der Waals surface area (Å²) in [7, 11) is 0. The molecule has 0 aliphatic carbocycles. The first-order valence-electron chi connectivity index (χ1n) is 5.10. The third-order valence-electron chi connectivity index (χ3n) is 2.62. The molecule has 7 heteroatoms. The van der Waals surface area contributed by atoms with E-state index in [1.807, 2.05) is 0 Å². The van der Waals surface area contributed by atoms with Crippen molar-refractivity contribution >= 4 is 23.2 Å². The van der Waals surface area contributed by atoms with E-state index in [1.165, 1.54) is 37.8 Å². The van der Waals surface area contributed by atoms with E-state index in [2.05, 4.69) is 10.1 Å². The average Bonchev–Trinajstić information content (AvgIpc) is 2.82. The van der Waals surface area contributed by atoms with Crippen molar-refractivity contribution in [3.05, 3.63) is 46.5 Å². The van der Waals surface area contributed by atoms with Gasteiger partial charge in [-0.25, -0.2) is 14.1 Å². The number of alkyl halides is 1. The van der Waals surface area contributed by atoms with E-state index < -0.39 is 11.9 Å². The predicted molar refractivity (Wildman–Crippen MR) is 66.2 cm³/mol. The number of aromatic nitrogens is 3. The number of aliphatic hydroxyl groups excluding tert-OH is 1. The molecule has 2 aromatic rings. The zero-order valence-electron chi connectivity index (χ0n) is 9.39. The molecule has 0 spiro atoms. The van der Waals surface area contributed by atoms with Gasteiger partial charge in [0.25, 0.3) is 0 Å². The fraction of sp³-hybridized carbons (Fsp3) is 0.273. The van der Waals surface area contributed by atoms with Gasteiger partial charge in [0.05, 0.1) is 0 Å². The standard InChI is InChI=1S/C11H10Cl2FN3O/c1-11(14,17-6-15-5-16-17)10(18)8-3-2-7(12)4-9(8)13/h2-6,10,18H,1H3. The normalized spacial score (nSPS) is 16.3. The van der Waals surface area contributed by atoms with Crippen molar-refractivity contribution in [1.29, 1.82) is 0 Å². The Balaban J connectivity index is 2.39. The molecule has 0 bridgehead atoms. The van der Waals surface area contributed by atoms with Crippen LogP contribution in [0.2, 0.25) is 10.0 Å². The van der Waals surface area contributed by atoms with Crippen molar-refractivity contribution in [1.82, 2.24) is 14.8 Å². The minimum Gasteiger partial charge on any atom is -0.383 e. The summed E-state index contributed by atoms with van der Waals surface area (Å²) in [5.41, 5.74) is 0.238. The molecule has 1 heterocycles. The molecule has 2 unspecified atom stereocenters. The van der Waals surface area contributed by atoms with Crippen molar-refractivity contribution < 1.29 is 9.50 Å². The van der Waals surface area contributed by atoms with E-state index in [1.54, 1.807) is 0 Å². The van der Waals surface area contributed by atoms with Gasteiger partial charge in [0.1, 0.15) is 18.8 Å². The smallest absolute Gasteiger partial charge is 0.230 e. The molecule has 0 aliphatic rings. The van der Waals surface area contributed by atoms with Crippen LogP contribution in [-0.2, 0) is 5.79 Å². The summed E-state index contributed by atoms with van der Waals surface area (Å²) in [6.07, 6.45) is 0.894. The summed E-state index contributed by atoms with van der Waals surface area (Å²) in [5, 5.41) is 14.4. The molecule has 0 radical (unpaired) electrons. The Morgan fingerprint density at radius 1 is 1.44 bits per heavy atom. The Kier molecular flexibility index (Phi) is 3.56. The second-order valence-corrected chi connectivity index (χ2v) is 4.78. The maximum Gasteiger partial charge on any atom is 0.230 e. The first-order chi connectivity index (χ1) is 8.43. The lowest BCUT2D eigenvalue weighted by Gasteiger charge is -2.27. The molecular weight excluding hydrogens is 280 g/mol. The number of hydrogen-bond acceptors (Lipinski definition) is 3. The van der Waals surface area contributed by atoms with Gasteiger partial charge in [-0.2, -0.15) is 5.10 Å². The molecule has 0 aliphatic heterocycles. The number of halogens is 3. The maximum absolute atomic E-state index is 14.5. The predicted octanol–water partition coefficient (Wildman–Crippen LogP) is 2.96. The van der Waals surface area contributed by atoms with Crippen LogP contribution in [0.15, 0.2) is 30.9 Å². The topological polar surface area (TPSA) is 50.9 Å². The number of benzene rings is 1. The second kappa shape index (κ2) is 4.84. The van der Waals surface area contributed by atoms with E-state index in [0.29, 0.717) is 5.02 Å². The van der Waals surface area contributed by atoms with Gasteiger partial charge in [0, 0.05) is 15.6 Å². The van der Waals surface area contributed by atoms with Gasteiger partial charge in [-0.15, -0.1) is 0 Å². The molecule has 1 aromatic heterocycles. The van der Waals surface area contributed by atoms with Crippen LogP contribution in [0.25, 0.3) is 0 Å².